The van der Waals surface area contributed by atoms with E-state index in [1.165, 1.54) is 5.56 Å². The van der Waals surface area contributed by atoms with E-state index in [2.05, 4.69) is 52.0 Å². The Labute approximate surface area is 238 Å². The van der Waals surface area contributed by atoms with Gasteiger partial charge < -0.3 is 19.1 Å². The predicted octanol–water partition coefficient (Wildman–Crippen LogP) is 5.46. The average Bonchev–Trinajstić information content (AvgIpc) is 2.91. The molecule has 0 bridgehead atoms. The van der Waals surface area contributed by atoms with Gasteiger partial charge in [-0.3, -0.25) is 9.69 Å². The number of rotatable bonds is 10. The molecule has 0 amide bonds. The molecule has 8 heteroatoms. The summed E-state index contributed by atoms with van der Waals surface area (Å²) in [7, 11) is 0. The van der Waals surface area contributed by atoms with Crippen LogP contribution in [0.3, 0.4) is 0 Å². The Morgan fingerprint density at radius 3 is 2.64 bits per heavy atom. The third-order valence-corrected chi connectivity index (χ3v) is 7.98. The van der Waals surface area contributed by atoms with Crippen LogP contribution in [0.15, 0.2) is 36.5 Å². The van der Waals surface area contributed by atoms with Crippen LogP contribution >= 0.6 is 11.6 Å². The van der Waals surface area contributed by atoms with Gasteiger partial charge in [0.05, 0.1) is 31.8 Å². The van der Waals surface area contributed by atoms with Gasteiger partial charge in [0.25, 0.3) is 0 Å². The number of morpholine rings is 1. The number of ether oxygens (including phenoxy) is 3. The number of halogens is 1. The summed E-state index contributed by atoms with van der Waals surface area (Å²) in [6, 6.07) is 10.6. The SMILES string of the molecule is CCc1ccnc(N2CCOC3(CCN(Cc4cccc(CCOCCC(=O)OC(C)(C)C)c4Cl)CC3)C2)c1. The van der Waals surface area contributed by atoms with Gasteiger partial charge in [-0.2, -0.15) is 0 Å². The molecule has 1 spiro atoms. The highest BCUT2D eigenvalue weighted by Crippen LogP contribution is 2.33. The van der Waals surface area contributed by atoms with Gasteiger partial charge in [-0.25, -0.2) is 4.98 Å². The lowest BCUT2D eigenvalue weighted by atomic mass is 9.89. The second-order valence-corrected chi connectivity index (χ2v) is 12.1. The standard InChI is InChI=1S/C31H44ClN3O4/c1-5-24-9-14-33-27(21-24)35-17-20-38-31(23-35)12-15-34(16-13-31)22-26-8-6-7-25(29(26)32)10-18-37-19-11-28(36)39-30(2,3)4/h6-9,14,21H,5,10-13,15-20,22-23H2,1-4H3. The fraction of sp³-hybridized carbons (Fsp3) is 0.613. The van der Waals surface area contributed by atoms with Gasteiger partial charge in [0.2, 0.25) is 0 Å². The number of esters is 1. The quantitative estimate of drug-likeness (QED) is 0.284. The maximum atomic E-state index is 11.8. The highest BCUT2D eigenvalue weighted by Gasteiger charge is 2.40. The van der Waals surface area contributed by atoms with Crippen LogP contribution in [0.1, 0.15) is 63.6 Å². The maximum Gasteiger partial charge on any atom is 0.308 e. The molecule has 7 nitrogen and oxygen atoms in total. The second kappa shape index (κ2) is 13.4. The molecule has 4 rings (SSSR count). The summed E-state index contributed by atoms with van der Waals surface area (Å²) in [4.78, 5) is 21.4. The topological polar surface area (TPSA) is 64.1 Å². The van der Waals surface area contributed by atoms with Crippen molar-refractivity contribution in [2.75, 3.05) is 50.9 Å². The number of anilines is 1. The molecule has 2 aromatic rings. The number of carbonyl (C=O) groups is 1. The van der Waals surface area contributed by atoms with E-state index in [4.69, 9.17) is 25.8 Å². The summed E-state index contributed by atoms with van der Waals surface area (Å²) in [6.07, 6.45) is 5.91. The number of aromatic nitrogens is 1. The minimum absolute atomic E-state index is 0.110. The van der Waals surface area contributed by atoms with E-state index in [0.717, 1.165) is 80.6 Å². The molecule has 0 radical (unpaired) electrons. The van der Waals surface area contributed by atoms with E-state index in [0.29, 0.717) is 19.6 Å². The Kier molecular flexibility index (Phi) is 10.3. The lowest BCUT2D eigenvalue weighted by Crippen LogP contribution is -2.57. The Hall–Kier alpha value is -2.19. The first-order valence-electron chi connectivity index (χ1n) is 14.3. The zero-order valence-corrected chi connectivity index (χ0v) is 24.8. The summed E-state index contributed by atoms with van der Waals surface area (Å²) >= 11 is 6.82. The Morgan fingerprint density at radius 2 is 1.90 bits per heavy atom. The van der Waals surface area contributed by atoms with Crippen molar-refractivity contribution >= 4 is 23.4 Å². The molecule has 39 heavy (non-hydrogen) atoms. The number of likely N-dealkylation sites (tertiary alicyclic amines) is 1. The van der Waals surface area contributed by atoms with Crippen LogP contribution in [0, 0.1) is 0 Å². The van der Waals surface area contributed by atoms with E-state index in [1.807, 2.05) is 27.0 Å². The third-order valence-electron chi connectivity index (χ3n) is 7.50. The van der Waals surface area contributed by atoms with Crippen molar-refractivity contribution < 1.29 is 19.0 Å². The second-order valence-electron chi connectivity index (χ2n) is 11.7. The number of aryl methyl sites for hydroxylation is 1. The van der Waals surface area contributed by atoms with Crippen LogP contribution < -0.4 is 4.90 Å². The van der Waals surface area contributed by atoms with Crippen molar-refractivity contribution in [2.45, 2.75) is 77.5 Å². The zero-order chi connectivity index (χ0) is 27.9. The normalized spacial score (nSPS) is 17.9. The molecule has 2 aliphatic heterocycles. The lowest BCUT2D eigenvalue weighted by Gasteiger charge is -2.47. The van der Waals surface area contributed by atoms with Gasteiger partial charge in [0.15, 0.2) is 0 Å². The first kappa shape index (κ1) is 29.8. The molecular weight excluding hydrogens is 514 g/mol. The molecule has 0 unspecified atom stereocenters. The number of nitrogens with zero attached hydrogens (tertiary/aromatic N) is 3. The van der Waals surface area contributed by atoms with Crippen LogP contribution in [-0.4, -0.2) is 73.1 Å². The molecular formula is C31H44ClN3O4. The highest BCUT2D eigenvalue weighted by molar-refractivity contribution is 6.32. The zero-order valence-electron chi connectivity index (χ0n) is 24.0. The first-order valence-corrected chi connectivity index (χ1v) is 14.7. The molecule has 0 aliphatic carbocycles. The van der Waals surface area contributed by atoms with Crippen LogP contribution in [0.2, 0.25) is 5.02 Å². The molecule has 3 heterocycles. The van der Waals surface area contributed by atoms with Crippen molar-refractivity contribution in [3.05, 3.63) is 58.2 Å². The summed E-state index contributed by atoms with van der Waals surface area (Å²) in [5, 5.41) is 0.815. The molecule has 0 saturated carbocycles. The molecule has 1 aromatic heterocycles. The van der Waals surface area contributed by atoms with E-state index in [-0.39, 0.29) is 18.0 Å². The largest absolute Gasteiger partial charge is 0.460 e. The summed E-state index contributed by atoms with van der Waals surface area (Å²) in [6.45, 7) is 13.9. The van der Waals surface area contributed by atoms with Crippen LogP contribution in [0.5, 0.6) is 0 Å². The minimum atomic E-state index is -0.470. The molecule has 2 aliphatic rings. The van der Waals surface area contributed by atoms with Crippen LogP contribution in [-0.2, 0) is 38.4 Å². The first-order chi connectivity index (χ1) is 18.7. The van der Waals surface area contributed by atoms with Gasteiger partial charge in [0.1, 0.15) is 11.4 Å². The number of piperidine rings is 1. The molecule has 2 fully saturated rings. The van der Waals surface area contributed by atoms with E-state index < -0.39 is 5.60 Å². The Balaban J connectivity index is 1.24. The minimum Gasteiger partial charge on any atom is -0.460 e. The summed E-state index contributed by atoms with van der Waals surface area (Å²) in [5.41, 5.74) is 2.96. The van der Waals surface area contributed by atoms with Gasteiger partial charge in [0, 0.05) is 43.9 Å². The van der Waals surface area contributed by atoms with Gasteiger partial charge in [-0.05, 0) is 75.3 Å². The molecule has 0 atom stereocenters. The molecule has 1 aromatic carbocycles. The number of hydrogen-bond acceptors (Lipinski definition) is 7. The molecule has 2 saturated heterocycles. The maximum absolute atomic E-state index is 11.8. The number of benzene rings is 1. The Morgan fingerprint density at radius 1 is 1.13 bits per heavy atom. The molecule has 0 N–H and O–H groups in total. The van der Waals surface area contributed by atoms with Crippen molar-refractivity contribution in [3.63, 3.8) is 0 Å². The van der Waals surface area contributed by atoms with Gasteiger partial charge >= 0.3 is 5.97 Å². The fourth-order valence-electron chi connectivity index (χ4n) is 5.34. The van der Waals surface area contributed by atoms with Crippen LogP contribution in [0.4, 0.5) is 5.82 Å². The van der Waals surface area contributed by atoms with E-state index >= 15 is 0 Å². The Bertz CT molecular complexity index is 1100. The third kappa shape index (κ3) is 8.65. The van der Waals surface area contributed by atoms with Crippen molar-refractivity contribution in [1.82, 2.24) is 9.88 Å². The van der Waals surface area contributed by atoms with E-state index in [1.54, 1.807) is 0 Å². The molecule has 214 valence electrons. The van der Waals surface area contributed by atoms with Crippen molar-refractivity contribution in [2.24, 2.45) is 0 Å². The lowest BCUT2D eigenvalue weighted by molar-refractivity contribution is -0.156. The van der Waals surface area contributed by atoms with Gasteiger partial charge in [-0.1, -0.05) is 36.7 Å². The summed E-state index contributed by atoms with van der Waals surface area (Å²) < 4.78 is 17.4. The van der Waals surface area contributed by atoms with Crippen molar-refractivity contribution in [1.29, 1.82) is 0 Å². The fourth-order valence-corrected chi connectivity index (χ4v) is 5.62. The predicted molar refractivity (Wildman–Crippen MR) is 155 cm³/mol. The van der Waals surface area contributed by atoms with Crippen LogP contribution in [0.25, 0.3) is 0 Å². The number of hydrogen-bond donors (Lipinski definition) is 0. The number of carbonyl (C=O) groups excluding carboxylic acids is 1. The monoisotopic (exact) mass is 557 g/mol. The number of pyridine rings is 1. The smallest absolute Gasteiger partial charge is 0.308 e. The average molecular weight is 558 g/mol. The van der Waals surface area contributed by atoms with E-state index in [9.17, 15) is 4.79 Å². The summed E-state index contributed by atoms with van der Waals surface area (Å²) in [5.74, 6) is 0.830. The van der Waals surface area contributed by atoms with Gasteiger partial charge in [-0.15, -0.1) is 0 Å². The van der Waals surface area contributed by atoms with Crippen molar-refractivity contribution in [3.8, 4) is 0 Å². The highest BCUT2D eigenvalue weighted by atomic mass is 35.5.